The first-order chi connectivity index (χ1) is 8.12. The van der Waals surface area contributed by atoms with Crippen molar-refractivity contribution in [1.82, 2.24) is 0 Å². The molecule has 0 atom stereocenters. The molecule has 0 aromatic rings. The van der Waals surface area contributed by atoms with E-state index in [0.29, 0.717) is 0 Å². The van der Waals surface area contributed by atoms with E-state index in [9.17, 15) is 9.59 Å². The highest BCUT2D eigenvalue weighted by molar-refractivity contribution is 5.91. The number of hydrogen-bond acceptors (Lipinski definition) is 6. The molecule has 0 saturated carbocycles. The van der Waals surface area contributed by atoms with Crippen molar-refractivity contribution in [1.29, 1.82) is 0 Å². The minimum absolute atomic E-state index is 0.700. The smallest absolute Gasteiger partial charge is 0.333 e. The van der Waals surface area contributed by atoms with Crippen molar-refractivity contribution in [3.63, 3.8) is 0 Å². The molecule has 0 spiro atoms. The molecule has 0 aliphatic carbocycles. The molecule has 6 nitrogen and oxygen atoms in total. The van der Waals surface area contributed by atoms with Crippen molar-refractivity contribution < 1.29 is 28.5 Å². The Kier molecular flexibility index (Phi) is 6.00. The minimum Gasteiger partial charge on any atom is -0.431 e. The maximum Gasteiger partial charge on any atom is 0.333 e. The first kappa shape index (κ1) is 16.6. The lowest BCUT2D eigenvalue weighted by molar-refractivity contribution is -0.203. The van der Waals surface area contributed by atoms with Crippen LogP contribution < -0.4 is 0 Å². The SMILES string of the molecule is COC(C)(C)OC(=O)/C=C\C(=O)OC(C)(C)OC. The van der Waals surface area contributed by atoms with Crippen LogP contribution in [0.15, 0.2) is 12.2 Å². The Bertz CT molecular complexity index is 297. The summed E-state index contributed by atoms with van der Waals surface area (Å²) in [4.78, 5) is 22.7. The van der Waals surface area contributed by atoms with Crippen molar-refractivity contribution in [2.75, 3.05) is 14.2 Å². The normalized spacial score (nSPS) is 12.6. The van der Waals surface area contributed by atoms with Gasteiger partial charge in [0, 0.05) is 54.1 Å². The molecule has 0 amide bonds. The summed E-state index contributed by atoms with van der Waals surface area (Å²) < 4.78 is 19.6. The molecule has 0 bridgehead atoms. The van der Waals surface area contributed by atoms with Crippen LogP contribution >= 0.6 is 0 Å². The van der Waals surface area contributed by atoms with Gasteiger partial charge < -0.3 is 18.9 Å². The molecular weight excluding hydrogens is 240 g/mol. The minimum atomic E-state index is -1.04. The molecule has 0 aromatic carbocycles. The molecule has 6 heteroatoms. The van der Waals surface area contributed by atoms with Crippen molar-refractivity contribution in [2.45, 2.75) is 39.3 Å². The summed E-state index contributed by atoms with van der Waals surface area (Å²) >= 11 is 0. The van der Waals surface area contributed by atoms with Gasteiger partial charge in [0.2, 0.25) is 11.6 Å². The highest BCUT2D eigenvalue weighted by atomic mass is 16.7. The fraction of sp³-hybridized carbons (Fsp3) is 0.667. The van der Waals surface area contributed by atoms with Gasteiger partial charge in [-0.2, -0.15) is 0 Å². The van der Waals surface area contributed by atoms with Crippen LogP contribution in [0.1, 0.15) is 27.7 Å². The van der Waals surface area contributed by atoms with Crippen molar-refractivity contribution >= 4 is 11.9 Å². The number of esters is 2. The zero-order valence-corrected chi connectivity index (χ0v) is 11.6. The highest BCUT2D eigenvalue weighted by Crippen LogP contribution is 2.11. The van der Waals surface area contributed by atoms with E-state index in [2.05, 4.69) is 0 Å². The predicted octanol–water partition coefficient (Wildman–Crippen LogP) is 1.39. The summed E-state index contributed by atoms with van der Waals surface area (Å²) in [5, 5.41) is 0. The average Bonchev–Trinajstić information content (AvgIpc) is 2.25. The van der Waals surface area contributed by atoms with Gasteiger partial charge in [-0.15, -0.1) is 0 Å². The largest absolute Gasteiger partial charge is 0.431 e. The van der Waals surface area contributed by atoms with Crippen molar-refractivity contribution in [3.8, 4) is 0 Å². The van der Waals surface area contributed by atoms with E-state index in [1.807, 2.05) is 0 Å². The number of carbonyl (C=O) groups excluding carboxylic acids is 2. The van der Waals surface area contributed by atoms with Crippen molar-refractivity contribution in [3.05, 3.63) is 12.2 Å². The number of hydrogen-bond donors (Lipinski definition) is 0. The van der Waals surface area contributed by atoms with Gasteiger partial charge in [0.25, 0.3) is 0 Å². The van der Waals surface area contributed by atoms with Crippen LogP contribution in [0.25, 0.3) is 0 Å². The summed E-state index contributed by atoms with van der Waals surface area (Å²) in [6, 6.07) is 0. The van der Waals surface area contributed by atoms with Gasteiger partial charge in [-0.25, -0.2) is 9.59 Å². The molecule has 0 saturated heterocycles. The number of ether oxygens (including phenoxy) is 4. The Balaban J connectivity index is 4.32. The van der Waals surface area contributed by atoms with E-state index >= 15 is 0 Å². The molecular formula is C12H20O6. The van der Waals surface area contributed by atoms with E-state index in [4.69, 9.17) is 18.9 Å². The van der Waals surface area contributed by atoms with Gasteiger partial charge in [-0.1, -0.05) is 0 Å². The number of rotatable bonds is 6. The van der Waals surface area contributed by atoms with Gasteiger partial charge in [0.1, 0.15) is 0 Å². The van der Waals surface area contributed by atoms with Crippen LogP contribution in [-0.2, 0) is 28.5 Å². The molecule has 0 aliphatic rings. The molecule has 0 aromatic heterocycles. The zero-order valence-electron chi connectivity index (χ0n) is 11.6. The predicted molar refractivity (Wildman–Crippen MR) is 63.5 cm³/mol. The third-order valence-corrected chi connectivity index (χ3v) is 2.03. The summed E-state index contributed by atoms with van der Waals surface area (Å²) in [5.74, 6) is -3.49. The molecule has 0 radical (unpaired) electrons. The Labute approximate surface area is 107 Å². The average molecular weight is 260 g/mol. The highest BCUT2D eigenvalue weighted by Gasteiger charge is 2.22. The van der Waals surface area contributed by atoms with Crippen LogP contribution in [-0.4, -0.2) is 37.7 Å². The molecule has 0 unspecified atom stereocenters. The van der Waals surface area contributed by atoms with Gasteiger partial charge in [0.15, 0.2) is 0 Å². The number of methoxy groups -OCH3 is 2. The Hall–Kier alpha value is -1.40. The first-order valence-corrected chi connectivity index (χ1v) is 5.36. The Morgan fingerprint density at radius 3 is 1.28 bits per heavy atom. The zero-order chi connectivity index (χ0) is 14.4. The third-order valence-electron chi connectivity index (χ3n) is 2.03. The Morgan fingerprint density at radius 2 is 1.06 bits per heavy atom. The Morgan fingerprint density at radius 1 is 0.778 bits per heavy atom. The van der Waals surface area contributed by atoms with Crippen LogP contribution in [0.2, 0.25) is 0 Å². The molecule has 0 heterocycles. The van der Waals surface area contributed by atoms with Crippen LogP contribution in [0.5, 0.6) is 0 Å². The van der Waals surface area contributed by atoms with Gasteiger partial charge >= 0.3 is 11.9 Å². The fourth-order valence-corrected chi connectivity index (χ4v) is 0.772. The van der Waals surface area contributed by atoms with Gasteiger partial charge in [0.05, 0.1) is 0 Å². The maximum absolute atomic E-state index is 11.3. The fourth-order valence-electron chi connectivity index (χ4n) is 0.772. The van der Waals surface area contributed by atoms with E-state index < -0.39 is 23.5 Å². The van der Waals surface area contributed by atoms with E-state index in [1.165, 1.54) is 14.2 Å². The summed E-state index contributed by atoms with van der Waals surface area (Å²) in [6.45, 7) is 6.30. The maximum atomic E-state index is 11.3. The quantitative estimate of drug-likeness (QED) is 0.408. The summed E-state index contributed by atoms with van der Waals surface area (Å²) in [7, 11) is 2.82. The monoisotopic (exact) mass is 260 g/mol. The molecule has 0 aliphatic heterocycles. The second kappa shape index (κ2) is 6.51. The standard InChI is InChI=1S/C12H20O6/c1-11(2,15-5)17-9(13)7-8-10(14)18-12(3,4)16-6/h7-8H,1-6H3/b8-7-. The summed E-state index contributed by atoms with van der Waals surface area (Å²) in [6.07, 6.45) is 1.93. The van der Waals surface area contributed by atoms with E-state index in [0.717, 1.165) is 12.2 Å². The number of carbonyl (C=O) groups is 2. The molecule has 0 fully saturated rings. The second-order valence-corrected chi connectivity index (χ2v) is 4.38. The lowest BCUT2D eigenvalue weighted by Gasteiger charge is -2.22. The van der Waals surface area contributed by atoms with E-state index in [-0.39, 0.29) is 0 Å². The summed E-state index contributed by atoms with van der Waals surface area (Å²) in [5.41, 5.74) is 0. The molecule has 18 heavy (non-hydrogen) atoms. The van der Waals surface area contributed by atoms with Crippen LogP contribution in [0.4, 0.5) is 0 Å². The topological polar surface area (TPSA) is 71.1 Å². The van der Waals surface area contributed by atoms with Crippen LogP contribution in [0.3, 0.4) is 0 Å². The molecule has 0 N–H and O–H groups in total. The van der Waals surface area contributed by atoms with Crippen molar-refractivity contribution in [2.24, 2.45) is 0 Å². The lowest BCUT2D eigenvalue weighted by atomic mass is 10.3. The van der Waals surface area contributed by atoms with E-state index in [1.54, 1.807) is 27.7 Å². The molecule has 104 valence electrons. The third kappa shape index (κ3) is 7.03. The lowest BCUT2D eigenvalue weighted by Crippen LogP contribution is -2.30. The molecule has 0 rings (SSSR count). The van der Waals surface area contributed by atoms with Crippen LogP contribution in [0, 0.1) is 0 Å². The first-order valence-electron chi connectivity index (χ1n) is 5.36. The second-order valence-electron chi connectivity index (χ2n) is 4.38. The van der Waals surface area contributed by atoms with Gasteiger partial charge in [-0.05, 0) is 0 Å². The van der Waals surface area contributed by atoms with Gasteiger partial charge in [-0.3, -0.25) is 0 Å².